The third kappa shape index (κ3) is 2.61. The number of hydrogen-bond donors (Lipinski definition) is 0. The predicted octanol–water partition coefficient (Wildman–Crippen LogP) is 2.75. The quantitative estimate of drug-likeness (QED) is 0.802. The van der Waals surface area contributed by atoms with Gasteiger partial charge in [0.15, 0.2) is 0 Å². The topological polar surface area (TPSA) is 62.7 Å². The summed E-state index contributed by atoms with van der Waals surface area (Å²) in [7, 11) is 4.66. The fourth-order valence-electron chi connectivity index (χ4n) is 2.47. The fourth-order valence-corrected chi connectivity index (χ4v) is 3.32. The summed E-state index contributed by atoms with van der Waals surface area (Å²) in [5, 5.41) is 2.89. The monoisotopic (exact) mass is 323 g/mol. The lowest BCUT2D eigenvalue weighted by atomic mass is 9.98. The van der Waals surface area contributed by atoms with E-state index in [0.717, 1.165) is 5.01 Å². The molecule has 120 valence electrons. The zero-order chi connectivity index (χ0) is 16.6. The van der Waals surface area contributed by atoms with Gasteiger partial charge in [0, 0.05) is 31.1 Å². The average Bonchev–Trinajstić information content (AvgIpc) is 2.97. The number of hydrogen-bond acceptors (Lipinski definition) is 5. The molecule has 1 aliphatic heterocycles. The second-order valence-electron chi connectivity index (χ2n) is 5.61. The molecule has 2 heterocycles. The van der Waals surface area contributed by atoms with Crippen LogP contribution in [0.25, 0.3) is 0 Å². The Morgan fingerprint density at radius 3 is 2.55 bits per heavy atom. The number of rotatable bonds is 3. The number of likely N-dealkylation sites (N-methyl/N-ethyl adjacent to an activating group) is 1. The highest BCUT2D eigenvalue weighted by Crippen LogP contribution is 2.37. The first kappa shape index (κ1) is 16.5. The van der Waals surface area contributed by atoms with E-state index in [-0.39, 0.29) is 6.03 Å². The summed E-state index contributed by atoms with van der Waals surface area (Å²) in [6.45, 7) is 5.88. The van der Waals surface area contributed by atoms with Crippen LogP contribution < -0.4 is 0 Å². The smallest absolute Gasteiger partial charge is 0.338 e. The van der Waals surface area contributed by atoms with Gasteiger partial charge in [0.05, 0.1) is 23.4 Å². The first-order valence-corrected chi connectivity index (χ1v) is 7.92. The molecule has 0 aliphatic carbocycles. The second kappa shape index (κ2) is 6.08. The Bertz CT molecular complexity index is 636. The lowest BCUT2D eigenvalue weighted by Crippen LogP contribution is -2.47. The van der Waals surface area contributed by atoms with Gasteiger partial charge in [-0.15, -0.1) is 11.3 Å². The van der Waals surface area contributed by atoms with Crippen molar-refractivity contribution >= 4 is 23.3 Å². The number of amides is 2. The van der Waals surface area contributed by atoms with Crippen molar-refractivity contribution in [1.82, 2.24) is 14.8 Å². The summed E-state index contributed by atoms with van der Waals surface area (Å²) in [5.41, 5.74) is 1.75. The van der Waals surface area contributed by atoms with Crippen LogP contribution in [0, 0.1) is 0 Å². The SMILES string of the molecule is COC(=O)C1=C(C)N(C)C(=O)N(C)C1c1csc(C(C)C)n1. The number of urea groups is 1. The number of thiazole rings is 1. The molecule has 22 heavy (non-hydrogen) atoms. The summed E-state index contributed by atoms with van der Waals surface area (Å²) in [6.07, 6.45) is 0. The molecule has 1 unspecified atom stereocenters. The maximum atomic E-state index is 12.4. The highest BCUT2D eigenvalue weighted by Gasteiger charge is 2.40. The molecular formula is C15H21N3O3S. The van der Waals surface area contributed by atoms with Crippen LogP contribution in [0.3, 0.4) is 0 Å². The summed E-state index contributed by atoms with van der Waals surface area (Å²) >= 11 is 1.54. The standard InChI is InChI=1S/C15H21N3O3S/c1-8(2)13-16-10(7-22-13)12-11(14(19)21-6)9(3)17(4)15(20)18(12)5/h7-8,12H,1-6H3. The van der Waals surface area contributed by atoms with Crippen molar-refractivity contribution < 1.29 is 14.3 Å². The highest BCUT2D eigenvalue weighted by molar-refractivity contribution is 7.09. The minimum Gasteiger partial charge on any atom is -0.466 e. The number of allylic oxidation sites excluding steroid dienone is 1. The maximum Gasteiger partial charge on any atom is 0.338 e. The number of nitrogens with zero attached hydrogens (tertiary/aromatic N) is 3. The molecule has 0 N–H and O–H groups in total. The van der Waals surface area contributed by atoms with Gasteiger partial charge in [0.1, 0.15) is 6.04 Å². The Kier molecular flexibility index (Phi) is 4.55. The molecule has 0 spiro atoms. The van der Waals surface area contributed by atoms with Gasteiger partial charge in [-0.1, -0.05) is 13.8 Å². The minimum absolute atomic E-state index is 0.172. The highest BCUT2D eigenvalue weighted by atomic mass is 32.1. The number of methoxy groups -OCH3 is 1. The Morgan fingerprint density at radius 2 is 2.05 bits per heavy atom. The third-order valence-electron chi connectivity index (χ3n) is 3.86. The molecule has 7 heteroatoms. The average molecular weight is 323 g/mol. The maximum absolute atomic E-state index is 12.4. The molecule has 0 aromatic carbocycles. The molecule has 1 aromatic rings. The van der Waals surface area contributed by atoms with Gasteiger partial charge >= 0.3 is 12.0 Å². The van der Waals surface area contributed by atoms with E-state index in [1.807, 2.05) is 5.38 Å². The summed E-state index contributed by atoms with van der Waals surface area (Å²) in [4.78, 5) is 32.2. The molecule has 2 rings (SSSR count). The van der Waals surface area contributed by atoms with E-state index in [9.17, 15) is 9.59 Å². The van der Waals surface area contributed by atoms with Gasteiger partial charge in [-0.05, 0) is 6.92 Å². The van der Waals surface area contributed by atoms with Crippen LogP contribution in [-0.4, -0.2) is 48.0 Å². The van der Waals surface area contributed by atoms with E-state index >= 15 is 0 Å². The van der Waals surface area contributed by atoms with Crippen LogP contribution >= 0.6 is 11.3 Å². The Labute approximate surface area is 134 Å². The van der Waals surface area contributed by atoms with Gasteiger partial charge in [0.2, 0.25) is 0 Å². The van der Waals surface area contributed by atoms with Crippen LogP contribution in [0.4, 0.5) is 4.79 Å². The van der Waals surface area contributed by atoms with Crippen LogP contribution in [-0.2, 0) is 9.53 Å². The number of carbonyl (C=O) groups excluding carboxylic acids is 2. The van der Waals surface area contributed by atoms with E-state index in [2.05, 4.69) is 18.8 Å². The lowest BCUT2D eigenvalue weighted by Gasteiger charge is -2.38. The molecule has 0 saturated heterocycles. The van der Waals surface area contributed by atoms with E-state index in [4.69, 9.17) is 4.74 Å². The normalized spacial score (nSPS) is 19.2. The molecule has 0 radical (unpaired) electrons. The molecule has 2 amide bonds. The Morgan fingerprint density at radius 1 is 1.41 bits per heavy atom. The zero-order valence-electron chi connectivity index (χ0n) is 13.7. The number of esters is 1. The number of aromatic nitrogens is 1. The molecule has 1 aromatic heterocycles. The molecule has 1 aliphatic rings. The molecule has 0 fully saturated rings. The van der Waals surface area contributed by atoms with Crippen molar-refractivity contribution in [1.29, 1.82) is 0 Å². The van der Waals surface area contributed by atoms with Gasteiger partial charge < -0.3 is 14.5 Å². The van der Waals surface area contributed by atoms with Crippen molar-refractivity contribution in [2.75, 3.05) is 21.2 Å². The lowest BCUT2D eigenvalue weighted by molar-refractivity contribution is -0.137. The molecule has 6 nitrogen and oxygen atoms in total. The van der Waals surface area contributed by atoms with Crippen molar-refractivity contribution in [3.05, 3.63) is 27.4 Å². The minimum atomic E-state index is -0.514. The van der Waals surface area contributed by atoms with E-state index in [1.165, 1.54) is 16.9 Å². The number of carbonyl (C=O) groups is 2. The van der Waals surface area contributed by atoms with Crippen LogP contribution in [0.2, 0.25) is 0 Å². The predicted molar refractivity (Wildman–Crippen MR) is 84.6 cm³/mol. The Balaban J connectivity index is 2.57. The summed E-state index contributed by atoms with van der Waals surface area (Å²) < 4.78 is 4.91. The third-order valence-corrected chi connectivity index (χ3v) is 5.02. The van der Waals surface area contributed by atoms with Crippen molar-refractivity contribution in [3.63, 3.8) is 0 Å². The zero-order valence-corrected chi connectivity index (χ0v) is 14.5. The largest absolute Gasteiger partial charge is 0.466 e. The van der Waals surface area contributed by atoms with E-state index in [1.54, 1.807) is 32.4 Å². The first-order chi connectivity index (χ1) is 10.3. The molecule has 0 bridgehead atoms. The van der Waals surface area contributed by atoms with Gasteiger partial charge in [0.25, 0.3) is 0 Å². The van der Waals surface area contributed by atoms with Crippen molar-refractivity contribution in [2.45, 2.75) is 32.7 Å². The van der Waals surface area contributed by atoms with E-state index in [0.29, 0.717) is 22.9 Å². The van der Waals surface area contributed by atoms with Gasteiger partial charge in [-0.2, -0.15) is 0 Å². The van der Waals surface area contributed by atoms with Crippen LogP contribution in [0.15, 0.2) is 16.7 Å². The second-order valence-corrected chi connectivity index (χ2v) is 6.50. The molecule has 0 saturated carbocycles. The Hall–Kier alpha value is -1.89. The summed E-state index contributed by atoms with van der Waals surface area (Å²) in [5.74, 6) is -0.134. The summed E-state index contributed by atoms with van der Waals surface area (Å²) in [6, 6.07) is -0.686. The first-order valence-electron chi connectivity index (χ1n) is 7.04. The van der Waals surface area contributed by atoms with Gasteiger partial charge in [-0.25, -0.2) is 14.6 Å². The molecular weight excluding hydrogens is 302 g/mol. The fraction of sp³-hybridized carbons (Fsp3) is 0.533. The van der Waals surface area contributed by atoms with Crippen molar-refractivity contribution in [2.24, 2.45) is 0 Å². The number of ether oxygens (including phenoxy) is 1. The molecule has 1 atom stereocenters. The van der Waals surface area contributed by atoms with Gasteiger partial charge in [-0.3, -0.25) is 0 Å². The van der Waals surface area contributed by atoms with Crippen LogP contribution in [0.5, 0.6) is 0 Å². The van der Waals surface area contributed by atoms with Crippen molar-refractivity contribution in [3.8, 4) is 0 Å². The van der Waals surface area contributed by atoms with Crippen LogP contribution in [0.1, 0.15) is 43.4 Å². The van der Waals surface area contributed by atoms with E-state index < -0.39 is 12.0 Å².